The second kappa shape index (κ2) is 4.50. The zero-order valence-electron chi connectivity index (χ0n) is 10.3. The van der Waals surface area contributed by atoms with E-state index in [0.717, 1.165) is 0 Å². The lowest BCUT2D eigenvalue weighted by molar-refractivity contribution is 0.341. The van der Waals surface area contributed by atoms with Crippen molar-refractivity contribution in [2.24, 2.45) is 0 Å². The third-order valence-electron chi connectivity index (χ3n) is 3.79. The van der Waals surface area contributed by atoms with Crippen molar-refractivity contribution in [3.63, 3.8) is 0 Å². The molecule has 1 aliphatic rings. The Hall–Kier alpha value is -1.34. The van der Waals surface area contributed by atoms with Gasteiger partial charge in [0.2, 0.25) is 0 Å². The van der Waals surface area contributed by atoms with Gasteiger partial charge in [-0.3, -0.25) is 0 Å². The van der Waals surface area contributed by atoms with Gasteiger partial charge < -0.3 is 5.32 Å². The predicted molar refractivity (Wildman–Crippen MR) is 73.1 cm³/mol. The molecule has 1 heterocycles. The molecule has 17 heavy (non-hydrogen) atoms. The van der Waals surface area contributed by atoms with E-state index in [9.17, 15) is 0 Å². The maximum atomic E-state index is 3.70. The highest BCUT2D eigenvalue weighted by atomic mass is 15.0. The van der Waals surface area contributed by atoms with Crippen LogP contribution in [0, 0.1) is 0 Å². The first-order chi connectivity index (χ1) is 8.33. The van der Waals surface area contributed by atoms with Crippen LogP contribution in [-0.2, 0) is 0 Å². The highest BCUT2D eigenvalue weighted by Gasteiger charge is 2.19. The van der Waals surface area contributed by atoms with Crippen LogP contribution in [0.3, 0.4) is 0 Å². The third-order valence-corrected chi connectivity index (χ3v) is 3.79. The van der Waals surface area contributed by atoms with E-state index >= 15 is 0 Å². The van der Waals surface area contributed by atoms with Gasteiger partial charge >= 0.3 is 0 Å². The molecule has 2 atom stereocenters. The first kappa shape index (κ1) is 10.8. The molecule has 1 saturated heterocycles. The van der Waals surface area contributed by atoms with Crippen LogP contribution in [0.4, 0.5) is 0 Å². The summed E-state index contributed by atoms with van der Waals surface area (Å²) >= 11 is 0. The fourth-order valence-electron chi connectivity index (χ4n) is 2.83. The Balaban J connectivity index is 1.94. The third kappa shape index (κ3) is 2.20. The van der Waals surface area contributed by atoms with Crippen LogP contribution < -0.4 is 5.32 Å². The molecule has 0 saturated carbocycles. The summed E-state index contributed by atoms with van der Waals surface area (Å²) in [6.45, 7) is 2.28. The Morgan fingerprint density at radius 1 is 1.00 bits per heavy atom. The van der Waals surface area contributed by atoms with Crippen molar-refractivity contribution in [1.29, 1.82) is 0 Å². The van der Waals surface area contributed by atoms with E-state index in [-0.39, 0.29) is 0 Å². The quantitative estimate of drug-likeness (QED) is 0.772. The molecule has 2 aromatic carbocycles. The number of benzene rings is 2. The van der Waals surface area contributed by atoms with Gasteiger partial charge in [-0.15, -0.1) is 0 Å². The van der Waals surface area contributed by atoms with Crippen molar-refractivity contribution in [3.05, 3.63) is 48.0 Å². The van der Waals surface area contributed by atoms with Crippen LogP contribution in [0.5, 0.6) is 0 Å². The van der Waals surface area contributed by atoms with Crippen molar-refractivity contribution in [2.45, 2.75) is 38.3 Å². The smallest absolute Gasteiger partial charge is 0.0322 e. The molecule has 0 aromatic heterocycles. The fourth-order valence-corrected chi connectivity index (χ4v) is 2.83. The fraction of sp³-hybridized carbons (Fsp3) is 0.375. The monoisotopic (exact) mass is 225 g/mol. The van der Waals surface area contributed by atoms with Gasteiger partial charge in [0, 0.05) is 12.1 Å². The van der Waals surface area contributed by atoms with E-state index in [0.29, 0.717) is 12.1 Å². The van der Waals surface area contributed by atoms with Gasteiger partial charge in [-0.1, -0.05) is 42.8 Å². The molecule has 0 aliphatic carbocycles. The normalized spacial score (nSPS) is 25.0. The van der Waals surface area contributed by atoms with Crippen molar-refractivity contribution in [1.82, 2.24) is 5.32 Å². The van der Waals surface area contributed by atoms with Crippen LogP contribution in [-0.4, -0.2) is 6.04 Å². The lowest BCUT2D eigenvalue weighted by Crippen LogP contribution is -2.34. The Morgan fingerprint density at radius 3 is 2.65 bits per heavy atom. The Labute approximate surface area is 103 Å². The molecule has 0 bridgehead atoms. The SMILES string of the molecule is CC1CCCC(c2ccc3ccccc3c2)N1. The molecular formula is C16H19N. The number of fused-ring (bicyclic) bond motifs is 1. The highest BCUT2D eigenvalue weighted by Crippen LogP contribution is 2.27. The van der Waals surface area contributed by atoms with Gasteiger partial charge in [-0.25, -0.2) is 0 Å². The van der Waals surface area contributed by atoms with E-state index < -0.39 is 0 Å². The minimum atomic E-state index is 0.545. The zero-order chi connectivity index (χ0) is 11.7. The molecular weight excluding hydrogens is 206 g/mol. The van der Waals surface area contributed by atoms with E-state index in [4.69, 9.17) is 0 Å². The summed E-state index contributed by atoms with van der Waals surface area (Å²) in [4.78, 5) is 0. The zero-order valence-corrected chi connectivity index (χ0v) is 10.3. The lowest BCUT2D eigenvalue weighted by Gasteiger charge is -2.29. The molecule has 1 N–H and O–H groups in total. The number of rotatable bonds is 1. The van der Waals surface area contributed by atoms with Gasteiger partial charge in [0.15, 0.2) is 0 Å². The summed E-state index contributed by atoms with van der Waals surface area (Å²) in [5.41, 5.74) is 1.44. The minimum Gasteiger partial charge on any atom is -0.307 e. The first-order valence-corrected chi connectivity index (χ1v) is 6.58. The summed E-state index contributed by atoms with van der Waals surface area (Å²) in [6, 6.07) is 16.6. The van der Waals surface area contributed by atoms with Gasteiger partial charge in [0.1, 0.15) is 0 Å². The number of hydrogen-bond acceptors (Lipinski definition) is 1. The molecule has 0 amide bonds. The van der Waals surface area contributed by atoms with Gasteiger partial charge in [0.05, 0.1) is 0 Å². The Morgan fingerprint density at radius 2 is 1.82 bits per heavy atom. The van der Waals surface area contributed by atoms with Gasteiger partial charge in [0.25, 0.3) is 0 Å². The van der Waals surface area contributed by atoms with Gasteiger partial charge in [-0.05, 0) is 42.2 Å². The molecule has 3 rings (SSSR count). The van der Waals surface area contributed by atoms with Crippen molar-refractivity contribution in [2.75, 3.05) is 0 Å². The molecule has 2 unspecified atom stereocenters. The lowest BCUT2D eigenvalue weighted by atomic mass is 9.93. The molecule has 88 valence electrons. The maximum Gasteiger partial charge on any atom is 0.0322 e. The minimum absolute atomic E-state index is 0.545. The maximum absolute atomic E-state index is 3.70. The van der Waals surface area contributed by atoms with E-state index in [1.165, 1.54) is 35.6 Å². The average Bonchev–Trinajstić information content (AvgIpc) is 2.38. The Bertz CT molecular complexity index is 518. The molecule has 1 aliphatic heterocycles. The highest BCUT2D eigenvalue weighted by molar-refractivity contribution is 5.83. The topological polar surface area (TPSA) is 12.0 Å². The number of nitrogens with one attached hydrogen (secondary N) is 1. The summed E-state index contributed by atoms with van der Waals surface area (Å²) in [7, 11) is 0. The van der Waals surface area contributed by atoms with Crippen molar-refractivity contribution >= 4 is 10.8 Å². The van der Waals surface area contributed by atoms with Crippen molar-refractivity contribution in [3.8, 4) is 0 Å². The van der Waals surface area contributed by atoms with Crippen LogP contribution in [0.2, 0.25) is 0 Å². The second-order valence-corrected chi connectivity index (χ2v) is 5.16. The van der Waals surface area contributed by atoms with E-state index in [1.807, 2.05) is 0 Å². The summed E-state index contributed by atoms with van der Waals surface area (Å²) in [5.74, 6) is 0. The summed E-state index contributed by atoms with van der Waals surface area (Å²) < 4.78 is 0. The molecule has 1 nitrogen and oxygen atoms in total. The summed E-state index contributed by atoms with van der Waals surface area (Å²) in [5, 5.41) is 6.38. The molecule has 2 aromatic rings. The first-order valence-electron chi connectivity index (χ1n) is 6.58. The van der Waals surface area contributed by atoms with Crippen LogP contribution in [0.15, 0.2) is 42.5 Å². The second-order valence-electron chi connectivity index (χ2n) is 5.16. The van der Waals surface area contributed by atoms with Crippen LogP contribution in [0.1, 0.15) is 37.8 Å². The predicted octanol–water partition coefficient (Wildman–Crippen LogP) is 4.04. The molecule has 0 radical (unpaired) electrons. The number of hydrogen-bond donors (Lipinski definition) is 1. The van der Waals surface area contributed by atoms with Crippen LogP contribution >= 0.6 is 0 Å². The number of piperidine rings is 1. The molecule has 0 spiro atoms. The standard InChI is InChI=1S/C16H19N/c1-12-5-4-8-16(17-12)15-10-9-13-6-2-3-7-14(13)11-15/h2-3,6-7,9-12,16-17H,4-5,8H2,1H3. The molecule has 1 fully saturated rings. The van der Waals surface area contributed by atoms with E-state index in [2.05, 4.69) is 54.7 Å². The summed E-state index contributed by atoms with van der Waals surface area (Å²) in [6.07, 6.45) is 3.92. The Kier molecular flexibility index (Phi) is 2.86. The van der Waals surface area contributed by atoms with Crippen molar-refractivity contribution < 1.29 is 0 Å². The average molecular weight is 225 g/mol. The largest absolute Gasteiger partial charge is 0.307 e. The van der Waals surface area contributed by atoms with Crippen LogP contribution in [0.25, 0.3) is 10.8 Å². The molecule has 1 heteroatoms. The van der Waals surface area contributed by atoms with Gasteiger partial charge in [-0.2, -0.15) is 0 Å². The van der Waals surface area contributed by atoms with E-state index in [1.54, 1.807) is 0 Å².